The summed E-state index contributed by atoms with van der Waals surface area (Å²) in [6.45, 7) is 5.22. The van der Waals surface area contributed by atoms with Crippen LogP contribution >= 0.6 is 0 Å². The lowest BCUT2D eigenvalue weighted by Crippen LogP contribution is -2.38. The van der Waals surface area contributed by atoms with Crippen LogP contribution in [0, 0.1) is 5.92 Å². The van der Waals surface area contributed by atoms with Crippen molar-refractivity contribution in [1.82, 2.24) is 4.90 Å². The zero-order chi connectivity index (χ0) is 12.1. The Kier molecular flexibility index (Phi) is 5.26. The van der Waals surface area contributed by atoms with Crippen LogP contribution in [0.3, 0.4) is 0 Å². The molecule has 2 atom stereocenters. The third kappa shape index (κ3) is 4.23. The average molecular weight is 241 g/mol. The van der Waals surface area contributed by atoms with Gasteiger partial charge in [0.1, 0.15) is 0 Å². The van der Waals surface area contributed by atoms with Gasteiger partial charge in [0, 0.05) is 19.0 Å². The summed E-state index contributed by atoms with van der Waals surface area (Å²) in [5.41, 5.74) is 0. The van der Waals surface area contributed by atoms with Crippen LogP contribution in [-0.4, -0.2) is 44.0 Å². The summed E-state index contributed by atoms with van der Waals surface area (Å²) in [5.74, 6) is 0.901. The molecular formula is C14H27NO2. The Hall–Kier alpha value is -0.120. The van der Waals surface area contributed by atoms with Crippen molar-refractivity contribution in [3.8, 4) is 0 Å². The predicted octanol–water partition coefficient (Wildman–Crippen LogP) is 2.65. The van der Waals surface area contributed by atoms with E-state index in [-0.39, 0.29) is 6.29 Å². The van der Waals surface area contributed by atoms with Gasteiger partial charge in [0.05, 0.1) is 13.2 Å². The minimum absolute atomic E-state index is 0.0483. The Morgan fingerprint density at radius 2 is 1.88 bits per heavy atom. The Morgan fingerprint density at radius 3 is 2.59 bits per heavy atom. The summed E-state index contributed by atoms with van der Waals surface area (Å²) in [7, 11) is 2.26. The summed E-state index contributed by atoms with van der Waals surface area (Å²) in [6, 6.07) is 0.780. The predicted molar refractivity (Wildman–Crippen MR) is 69.0 cm³/mol. The Balaban J connectivity index is 1.67. The van der Waals surface area contributed by atoms with Crippen molar-refractivity contribution in [3.05, 3.63) is 0 Å². The molecule has 0 radical (unpaired) electrons. The summed E-state index contributed by atoms with van der Waals surface area (Å²) < 4.78 is 11.2. The number of ether oxygens (including phenoxy) is 2. The zero-order valence-corrected chi connectivity index (χ0v) is 11.4. The van der Waals surface area contributed by atoms with Crippen LogP contribution in [0.1, 0.15) is 45.4 Å². The van der Waals surface area contributed by atoms with Gasteiger partial charge in [-0.2, -0.15) is 0 Å². The standard InChI is InChI=1S/C14H27NO2/c1-12-5-3-6-13(11-12)15(2)8-7-14-16-9-4-10-17-14/h12-14H,3-11H2,1-2H3. The van der Waals surface area contributed by atoms with Crippen LogP contribution < -0.4 is 0 Å². The largest absolute Gasteiger partial charge is 0.353 e. The molecule has 3 heteroatoms. The molecule has 100 valence electrons. The summed E-state index contributed by atoms with van der Waals surface area (Å²) in [5, 5.41) is 0. The molecule has 0 bridgehead atoms. The third-order valence-corrected chi connectivity index (χ3v) is 4.15. The highest BCUT2D eigenvalue weighted by Crippen LogP contribution is 2.26. The van der Waals surface area contributed by atoms with E-state index in [1.807, 2.05) is 0 Å². The minimum Gasteiger partial charge on any atom is -0.353 e. The fourth-order valence-corrected chi connectivity index (χ4v) is 3.00. The van der Waals surface area contributed by atoms with Crippen molar-refractivity contribution in [2.75, 3.05) is 26.8 Å². The van der Waals surface area contributed by atoms with Crippen molar-refractivity contribution in [2.24, 2.45) is 5.92 Å². The van der Waals surface area contributed by atoms with E-state index in [0.29, 0.717) is 0 Å². The maximum Gasteiger partial charge on any atom is 0.158 e. The van der Waals surface area contributed by atoms with Crippen LogP contribution in [0.25, 0.3) is 0 Å². The van der Waals surface area contributed by atoms with Gasteiger partial charge in [0.25, 0.3) is 0 Å². The molecule has 3 nitrogen and oxygen atoms in total. The second kappa shape index (κ2) is 6.72. The quantitative estimate of drug-likeness (QED) is 0.755. The number of hydrogen-bond donors (Lipinski definition) is 0. The average Bonchev–Trinajstić information content (AvgIpc) is 2.37. The van der Waals surface area contributed by atoms with E-state index in [2.05, 4.69) is 18.9 Å². The smallest absolute Gasteiger partial charge is 0.158 e. The van der Waals surface area contributed by atoms with Crippen LogP contribution in [0.5, 0.6) is 0 Å². The van der Waals surface area contributed by atoms with E-state index in [4.69, 9.17) is 9.47 Å². The molecule has 0 amide bonds. The van der Waals surface area contributed by atoms with E-state index < -0.39 is 0 Å². The van der Waals surface area contributed by atoms with Crippen LogP contribution in [0.4, 0.5) is 0 Å². The van der Waals surface area contributed by atoms with E-state index in [0.717, 1.165) is 44.6 Å². The van der Waals surface area contributed by atoms with Gasteiger partial charge < -0.3 is 14.4 Å². The second-order valence-corrected chi connectivity index (χ2v) is 5.72. The van der Waals surface area contributed by atoms with Crippen molar-refractivity contribution in [3.63, 3.8) is 0 Å². The maximum absolute atomic E-state index is 5.59. The molecule has 1 aliphatic heterocycles. The molecular weight excluding hydrogens is 214 g/mol. The zero-order valence-electron chi connectivity index (χ0n) is 11.4. The molecule has 0 N–H and O–H groups in total. The molecule has 0 aromatic carbocycles. The molecule has 1 saturated heterocycles. The normalized spacial score (nSPS) is 31.9. The van der Waals surface area contributed by atoms with Gasteiger partial charge in [0.15, 0.2) is 6.29 Å². The molecule has 1 heterocycles. The molecule has 0 spiro atoms. The molecule has 0 aromatic heterocycles. The Morgan fingerprint density at radius 1 is 1.12 bits per heavy atom. The summed E-state index contributed by atoms with van der Waals surface area (Å²) in [4.78, 5) is 2.51. The minimum atomic E-state index is 0.0483. The molecule has 2 aliphatic rings. The molecule has 1 saturated carbocycles. The van der Waals surface area contributed by atoms with Gasteiger partial charge in [-0.25, -0.2) is 0 Å². The summed E-state index contributed by atoms with van der Waals surface area (Å²) >= 11 is 0. The van der Waals surface area contributed by atoms with Gasteiger partial charge in [-0.1, -0.05) is 19.8 Å². The van der Waals surface area contributed by atoms with Crippen molar-refractivity contribution in [1.29, 1.82) is 0 Å². The topological polar surface area (TPSA) is 21.7 Å². The first-order valence-corrected chi connectivity index (χ1v) is 7.19. The molecule has 2 fully saturated rings. The Labute approximate surface area is 105 Å². The van der Waals surface area contributed by atoms with Crippen LogP contribution in [0.15, 0.2) is 0 Å². The lowest BCUT2D eigenvalue weighted by molar-refractivity contribution is -0.183. The van der Waals surface area contributed by atoms with Crippen molar-refractivity contribution < 1.29 is 9.47 Å². The van der Waals surface area contributed by atoms with E-state index in [9.17, 15) is 0 Å². The van der Waals surface area contributed by atoms with Gasteiger partial charge >= 0.3 is 0 Å². The fraction of sp³-hybridized carbons (Fsp3) is 1.00. The Bertz CT molecular complexity index is 216. The van der Waals surface area contributed by atoms with Crippen LogP contribution in [0.2, 0.25) is 0 Å². The number of nitrogens with zero attached hydrogens (tertiary/aromatic N) is 1. The van der Waals surface area contributed by atoms with Gasteiger partial charge in [0.2, 0.25) is 0 Å². The van der Waals surface area contributed by atoms with Gasteiger partial charge in [-0.05, 0) is 32.2 Å². The van der Waals surface area contributed by atoms with Crippen molar-refractivity contribution in [2.45, 2.75) is 57.8 Å². The number of hydrogen-bond acceptors (Lipinski definition) is 3. The monoisotopic (exact) mass is 241 g/mol. The second-order valence-electron chi connectivity index (χ2n) is 5.72. The highest BCUT2D eigenvalue weighted by atomic mass is 16.7. The van der Waals surface area contributed by atoms with Crippen LogP contribution in [-0.2, 0) is 9.47 Å². The molecule has 2 unspecified atom stereocenters. The first-order valence-electron chi connectivity index (χ1n) is 7.19. The van der Waals surface area contributed by atoms with E-state index in [1.165, 1.54) is 25.7 Å². The molecule has 17 heavy (non-hydrogen) atoms. The lowest BCUT2D eigenvalue weighted by atomic mass is 9.86. The molecule has 2 rings (SSSR count). The first-order chi connectivity index (χ1) is 8.25. The highest BCUT2D eigenvalue weighted by molar-refractivity contribution is 4.77. The van der Waals surface area contributed by atoms with E-state index >= 15 is 0 Å². The SMILES string of the molecule is CC1CCCC(N(C)CCC2OCCCO2)C1. The van der Waals surface area contributed by atoms with Crippen molar-refractivity contribution >= 4 is 0 Å². The van der Waals surface area contributed by atoms with E-state index in [1.54, 1.807) is 0 Å². The van der Waals surface area contributed by atoms with Gasteiger partial charge in [-0.3, -0.25) is 0 Å². The fourth-order valence-electron chi connectivity index (χ4n) is 3.00. The third-order valence-electron chi connectivity index (χ3n) is 4.15. The highest BCUT2D eigenvalue weighted by Gasteiger charge is 2.23. The first kappa shape index (κ1) is 13.3. The molecule has 0 aromatic rings. The summed E-state index contributed by atoms with van der Waals surface area (Å²) in [6.07, 6.45) is 7.66. The lowest BCUT2D eigenvalue weighted by Gasteiger charge is -2.35. The number of rotatable bonds is 4. The van der Waals surface area contributed by atoms with Gasteiger partial charge in [-0.15, -0.1) is 0 Å². The maximum atomic E-state index is 5.59. The molecule has 1 aliphatic carbocycles.